The van der Waals surface area contributed by atoms with Crippen molar-refractivity contribution in [2.24, 2.45) is 5.92 Å². The molecule has 0 radical (unpaired) electrons. The Morgan fingerprint density at radius 1 is 1.15 bits per heavy atom. The molecule has 0 saturated carbocycles. The molecule has 2 aromatic rings. The second kappa shape index (κ2) is 12.8. The van der Waals surface area contributed by atoms with Crippen LogP contribution in [-0.4, -0.2) is 110 Å². The number of nitrogens with zero attached hydrogens (tertiary/aromatic N) is 4. The van der Waals surface area contributed by atoms with Crippen LogP contribution in [0.1, 0.15) is 37.0 Å². The van der Waals surface area contributed by atoms with Crippen LogP contribution in [0, 0.1) is 5.92 Å². The number of hydrogen-bond donors (Lipinski definition) is 1. The Bertz CT molecular complexity index is 1190. The summed E-state index contributed by atoms with van der Waals surface area (Å²) >= 11 is 1.63. The van der Waals surface area contributed by atoms with Crippen molar-refractivity contribution in [2.45, 2.75) is 44.9 Å². The fraction of sp³-hybridized carbons (Fsp3) is 0.586. The molecule has 4 heterocycles. The van der Waals surface area contributed by atoms with Gasteiger partial charge in [0, 0.05) is 62.9 Å². The third-order valence-corrected chi connectivity index (χ3v) is 8.80. The van der Waals surface area contributed by atoms with E-state index in [4.69, 9.17) is 14.5 Å². The van der Waals surface area contributed by atoms with Gasteiger partial charge >= 0.3 is 0 Å². The summed E-state index contributed by atoms with van der Waals surface area (Å²) in [6, 6.07) is 6.12. The summed E-state index contributed by atoms with van der Waals surface area (Å²) in [5, 5.41) is 6.00. The van der Waals surface area contributed by atoms with Crippen molar-refractivity contribution in [3.8, 4) is 11.3 Å². The predicted molar refractivity (Wildman–Crippen MR) is 154 cm³/mol. The highest BCUT2D eigenvalue weighted by atomic mass is 32.1. The van der Waals surface area contributed by atoms with Gasteiger partial charge in [0.1, 0.15) is 18.7 Å². The minimum Gasteiger partial charge on any atom is -0.383 e. The highest BCUT2D eigenvalue weighted by Gasteiger charge is 2.48. The number of thiazole rings is 1. The van der Waals surface area contributed by atoms with Crippen LogP contribution in [0.3, 0.4) is 0 Å². The van der Waals surface area contributed by atoms with Gasteiger partial charge in [0.2, 0.25) is 5.91 Å². The van der Waals surface area contributed by atoms with Gasteiger partial charge in [-0.05, 0) is 30.9 Å². The molecular weight excluding hydrogens is 530 g/mol. The number of rotatable bonds is 10. The first kappa shape index (κ1) is 28.7. The van der Waals surface area contributed by atoms with Gasteiger partial charge in [-0.15, -0.1) is 11.3 Å². The van der Waals surface area contributed by atoms with Crippen LogP contribution in [0.25, 0.3) is 11.3 Å². The van der Waals surface area contributed by atoms with Gasteiger partial charge in [-0.25, -0.2) is 4.98 Å². The topological polar surface area (TPSA) is 104 Å². The molecule has 0 bridgehead atoms. The van der Waals surface area contributed by atoms with Crippen LogP contribution in [0.4, 0.5) is 5.13 Å². The Hall–Kier alpha value is -2.86. The van der Waals surface area contributed by atoms with Crippen LogP contribution < -0.4 is 10.2 Å². The van der Waals surface area contributed by atoms with E-state index in [1.54, 1.807) is 35.5 Å². The number of amides is 2. The zero-order chi connectivity index (χ0) is 28.2. The number of ketones is 1. The summed E-state index contributed by atoms with van der Waals surface area (Å²) in [6.45, 7) is 10.1. The molecule has 40 heavy (non-hydrogen) atoms. The number of carbonyl (C=O) groups is 3. The van der Waals surface area contributed by atoms with Crippen LogP contribution in [-0.2, 0) is 19.1 Å². The van der Waals surface area contributed by atoms with Crippen molar-refractivity contribution in [3.63, 3.8) is 0 Å². The first-order valence-corrected chi connectivity index (χ1v) is 15.0. The van der Waals surface area contributed by atoms with Gasteiger partial charge in [0.05, 0.1) is 18.4 Å². The molecular formula is C29H39N5O5S. The lowest BCUT2D eigenvalue weighted by atomic mass is 10.0. The lowest BCUT2D eigenvalue weighted by molar-refractivity contribution is -0.138. The molecule has 3 aliphatic rings. The van der Waals surface area contributed by atoms with Crippen molar-refractivity contribution in [1.29, 1.82) is 0 Å². The summed E-state index contributed by atoms with van der Waals surface area (Å²) in [5.41, 5.74) is 2.30. The summed E-state index contributed by atoms with van der Waals surface area (Å²) < 4.78 is 10.7. The Labute approximate surface area is 239 Å². The fourth-order valence-electron chi connectivity index (χ4n) is 5.69. The molecule has 11 heteroatoms. The van der Waals surface area contributed by atoms with E-state index in [9.17, 15) is 14.4 Å². The van der Waals surface area contributed by atoms with E-state index < -0.39 is 12.1 Å². The first-order chi connectivity index (χ1) is 19.3. The minimum absolute atomic E-state index is 0.0542. The number of piperazine rings is 1. The highest BCUT2D eigenvalue weighted by molar-refractivity contribution is 7.14. The van der Waals surface area contributed by atoms with Crippen molar-refractivity contribution in [1.82, 2.24) is 20.1 Å². The smallest absolute Gasteiger partial charge is 0.251 e. The molecule has 3 aliphatic heterocycles. The summed E-state index contributed by atoms with van der Waals surface area (Å²) in [4.78, 5) is 50.2. The maximum Gasteiger partial charge on any atom is 0.251 e. The number of hydrogen-bond acceptors (Lipinski definition) is 9. The fourth-order valence-corrected chi connectivity index (χ4v) is 6.58. The molecule has 0 aliphatic carbocycles. The van der Waals surface area contributed by atoms with Crippen LogP contribution in [0.15, 0.2) is 29.6 Å². The number of Topliss-reactive ketones (excluding diaryl/α,β-unsaturated/α-hetero) is 1. The number of benzene rings is 1. The second-order valence-electron chi connectivity index (χ2n) is 11.2. The van der Waals surface area contributed by atoms with E-state index in [0.29, 0.717) is 24.9 Å². The third kappa shape index (κ3) is 6.38. The molecule has 0 unspecified atom stereocenters. The van der Waals surface area contributed by atoms with Crippen LogP contribution in [0.2, 0.25) is 0 Å². The Morgan fingerprint density at radius 2 is 1.90 bits per heavy atom. The predicted octanol–water partition coefficient (Wildman–Crippen LogP) is 2.29. The maximum absolute atomic E-state index is 13.5. The highest BCUT2D eigenvalue weighted by Crippen LogP contribution is 2.30. The Morgan fingerprint density at radius 3 is 2.60 bits per heavy atom. The molecule has 5 rings (SSSR count). The van der Waals surface area contributed by atoms with Gasteiger partial charge in [0.25, 0.3) is 5.91 Å². The van der Waals surface area contributed by atoms with Crippen LogP contribution >= 0.6 is 11.3 Å². The van der Waals surface area contributed by atoms with Crippen molar-refractivity contribution in [2.75, 3.05) is 64.5 Å². The van der Waals surface area contributed by atoms with Gasteiger partial charge in [-0.3, -0.25) is 19.3 Å². The minimum atomic E-state index is -0.699. The molecule has 1 aromatic heterocycles. The van der Waals surface area contributed by atoms with E-state index in [-0.39, 0.29) is 36.2 Å². The van der Waals surface area contributed by atoms with E-state index in [1.165, 1.54) is 0 Å². The molecule has 3 saturated heterocycles. The molecule has 3 atom stereocenters. The van der Waals surface area contributed by atoms with Crippen molar-refractivity contribution >= 4 is 34.1 Å². The van der Waals surface area contributed by atoms with Crippen LogP contribution in [0.5, 0.6) is 0 Å². The number of nitrogens with one attached hydrogen (secondary N) is 1. The molecule has 0 spiro atoms. The average molecular weight is 570 g/mol. The van der Waals surface area contributed by atoms with E-state index in [0.717, 1.165) is 55.7 Å². The van der Waals surface area contributed by atoms with Gasteiger partial charge in [-0.1, -0.05) is 26.0 Å². The Balaban J connectivity index is 1.20. The Kier molecular flexibility index (Phi) is 9.14. The third-order valence-electron chi connectivity index (χ3n) is 7.89. The number of likely N-dealkylation sites (tertiary alicyclic amines) is 1. The largest absolute Gasteiger partial charge is 0.383 e. The lowest BCUT2D eigenvalue weighted by Crippen LogP contribution is -2.52. The van der Waals surface area contributed by atoms with E-state index in [2.05, 4.69) is 20.5 Å². The number of fused-ring (bicyclic) bond motifs is 1. The number of anilines is 1. The van der Waals surface area contributed by atoms with E-state index >= 15 is 0 Å². The summed E-state index contributed by atoms with van der Waals surface area (Å²) in [5.74, 6) is -0.381. The molecule has 1 aromatic carbocycles. The number of aromatic nitrogens is 1. The average Bonchev–Trinajstić information content (AvgIpc) is 3.70. The SMILES string of the molecule is COCCN1CCN(c2nc(-c3ccc(C(=O)N[C@@H](CC(C)C)C(=O)N4CC[C@H]5OCC(=O)[C@H]54)cc3)cs2)CC1. The van der Waals surface area contributed by atoms with Crippen molar-refractivity contribution < 1.29 is 23.9 Å². The quantitative estimate of drug-likeness (QED) is 0.465. The number of ether oxygens (including phenoxy) is 2. The molecule has 216 valence electrons. The van der Waals surface area contributed by atoms with E-state index in [1.807, 2.05) is 26.0 Å². The normalized spacial score (nSPS) is 22.1. The molecule has 3 fully saturated rings. The summed E-state index contributed by atoms with van der Waals surface area (Å²) in [7, 11) is 1.73. The lowest BCUT2D eigenvalue weighted by Gasteiger charge is -2.34. The van der Waals surface area contributed by atoms with Gasteiger partial charge in [-0.2, -0.15) is 0 Å². The summed E-state index contributed by atoms with van der Waals surface area (Å²) in [6.07, 6.45) is 0.916. The number of carbonyl (C=O) groups excluding carboxylic acids is 3. The molecule has 10 nitrogen and oxygen atoms in total. The second-order valence-corrected chi connectivity index (χ2v) is 12.0. The van der Waals surface area contributed by atoms with Crippen molar-refractivity contribution in [3.05, 3.63) is 35.2 Å². The van der Waals surface area contributed by atoms with Gasteiger partial charge in [0.15, 0.2) is 10.9 Å². The molecule has 1 N–H and O–H groups in total. The molecule has 2 amide bonds. The standard InChI is InChI=1S/C29H39N5O5S/c1-19(2)16-22(28(37)34-9-8-25-26(34)24(35)17-39-25)30-27(36)21-6-4-20(5-7-21)23-18-40-29(31-23)33-12-10-32(11-13-33)14-15-38-3/h4-7,18-19,22,25-26H,8-17H2,1-3H3,(H,30,36)/t22-,25+,26+/m0/s1. The zero-order valence-electron chi connectivity index (χ0n) is 23.5. The maximum atomic E-state index is 13.5. The number of methoxy groups -OCH3 is 1. The zero-order valence-corrected chi connectivity index (χ0v) is 24.3. The van der Waals surface area contributed by atoms with Gasteiger partial charge < -0.3 is 24.6 Å². The first-order valence-electron chi connectivity index (χ1n) is 14.1. The monoisotopic (exact) mass is 569 g/mol.